The van der Waals surface area contributed by atoms with Crippen molar-refractivity contribution >= 4 is 15.9 Å². The summed E-state index contributed by atoms with van der Waals surface area (Å²) < 4.78 is 13.9. The standard InChI is InChI=1S/C11H15BrFN/c1-7-8(6-11(2,3)14)4-9(13)5-10(7)12/h4-5H,6,14H2,1-3H3. The Bertz CT molecular complexity index is 342. The van der Waals surface area contributed by atoms with Gasteiger partial charge < -0.3 is 5.73 Å². The summed E-state index contributed by atoms with van der Waals surface area (Å²) in [6.45, 7) is 5.83. The largest absolute Gasteiger partial charge is 0.325 e. The fourth-order valence-corrected chi connectivity index (χ4v) is 1.85. The van der Waals surface area contributed by atoms with Crippen LogP contribution < -0.4 is 5.73 Å². The molecule has 0 aliphatic carbocycles. The van der Waals surface area contributed by atoms with Gasteiger partial charge >= 0.3 is 0 Å². The molecule has 0 fully saturated rings. The van der Waals surface area contributed by atoms with Crippen LogP contribution in [0.5, 0.6) is 0 Å². The molecule has 2 N–H and O–H groups in total. The van der Waals surface area contributed by atoms with Crippen molar-refractivity contribution in [1.82, 2.24) is 0 Å². The molecule has 1 aromatic carbocycles. The van der Waals surface area contributed by atoms with Crippen molar-refractivity contribution in [3.63, 3.8) is 0 Å². The summed E-state index contributed by atoms with van der Waals surface area (Å²) in [7, 11) is 0. The molecule has 1 rings (SSSR count). The Hall–Kier alpha value is -0.410. The maximum atomic E-state index is 13.1. The van der Waals surface area contributed by atoms with Crippen LogP contribution >= 0.6 is 15.9 Å². The van der Waals surface area contributed by atoms with Crippen molar-refractivity contribution in [3.05, 3.63) is 33.5 Å². The second-order valence-corrected chi connectivity index (χ2v) is 5.19. The summed E-state index contributed by atoms with van der Waals surface area (Å²) in [5, 5.41) is 0. The van der Waals surface area contributed by atoms with Crippen molar-refractivity contribution in [2.75, 3.05) is 0 Å². The zero-order valence-electron chi connectivity index (χ0n) is 8.70. The topological polar surface area (TPSA) is 26.0 Å². The highest BCUT2D eigenvalue weighted by molar-refractivity contribution is 9.10. The van der Waals surface area contributed by atoms with Crippen molar-refractivity contribution in [3.8, 4) is 0 Å². The van der Waals surface area contributed by atoms with Gasteiger partial charge in [0.15, 0.2) is 0 Å². The van der Waals surface area contributed by atoms with Crippen LogP contribution in [0.15, 0.2) is 16.6 Å². The number of benzene rings is 1. The molecule has 14 heavy (non-hydrogen) atoms. The molecule has 3 heteroatoms. The maximum Gasteiger partial charge on any atom is 0.124 e. The van der Waals surface area contributed by atoms with Gasteiger partial charge in [0, 0.05) is 10.0 Å². The summed E-state index contributed by atoms with van der Waals surface area (Å²) in [4.78, 5) is 0. The first-order valence-corrected chi connectivity index (χ1v) is 5.32. The minimum Gasteiger partial charge on any atom is -0.325 e. The first kappa shape index (κ1) is 11.7. The Morgan fingerprint density at radius 1 is 1.43 bits per heavy atom. The second-order valence-electron chi connectivity index (χ2n) is 4.34. The van der Waals surface area contributed by atoms with Crippen molar-refractivity contribution < 1.29 is 4.39 Å². The third-order valence-corrected chi connectivity index (χ3v) is 2.89. The molecular formula is C11H15BrFN. The molecule has 0 radical (unpaired) electrons. The van der Waals surface area contributed by atoms with Gasteiger partial charge in [-0.25, -0.2) is 4.39 Å². The van der Waals surface area contributed by atoms with Gasteiger partial charge in [0.25, 0.3) is 0 Å². The number of nitrogens with two attached hydrogens (primary N) is 1. The van der Waals surface area contributed by atoms with Crippen LogP contribution in [0, 0.1) is 12.7 Å². The van der Waals surface area contributed by atoms with E-state index in [0.717, 1.165) is 15.6 Å². The summed E-state index contributed by atoms with van der Waals surface area (Å²) >= 11 is 3.32. The Morgan fingerprint density at radius 3 is 2.50 bits per heavy atom. The molecule has 0 spiro atoms. The van der Waals surface area contributed by atoms with Crippen LogP contribution in [0.25, 0.3) is 0 Å². The number of rotatable bonds is 2. The Balaban J connectivity index is 3.09. The van der Waals surface area contributed by atoms with Crippen molar-refractivity contribution in [1.29, 1.82) is 0 Å². The lowest BCUT2D eigenvalue weighted by Crippen LogP contribution is -2.34. The van der Waals surface area contributed by atoms with E-state index in [-0.39, 0.29) is 11.4 Å². The maximum absolute atomic E-state index is 13.1. The van der Waals surface area contributed by atoms with Gasteiger partial charge in [-0.2, -0.15) is 0 Å². The van der Waals surface area contributed by atoms with E-state index in [1.165, 1.54) is 6.07 Å². The highest BCUT2D eigenvalue weighted by Gasteiger charge is 2.15. The van der Waals surface area contributed by atoms with Crippen LogP contribution in [0.4, 0.5) is 4.39 Å². The molecule has 1 aromatic rings. The third kappa shape index (κ3) is 3.07. The lowest BCUT2D eigenvalue weighted by molar-refractivity contribution is 0.512. The van der Waals surface area contributed by atoms with E-state index >= 15 is 0 Å². The molecule has 0 saturated heterocycles. The summed E-state index contributed by atoms with van der Waals surface area (Å²) in [5.41, 5.74) is 7.61. The lowest BCUT2D eigenvalue weighted by Gasteiger charge is -2.20. The van der Waals surface area contributed by atoms with E-state index in [0.29, 0.717) is 6.42 Å². The number of halogens is 2. The summed E-state index contributed by atoms with van der Waals surface area (Å²) in [6.07, 6.45) is 0.676. The van der Waals surface area contributed by atoms with Gasteiger partial charge in [-0.05, 0) is 50.5 Å². The average molecular weight is 260 g/mol. The van der Waals surface area contributed by atoms with E-state index in [1.54, 1.807) is 6.07 Å². The molecule has 0 atom stereocenters. The number of hydrogen-bond acceptors (Lipinski definition) is 1. The average Bonchev–Trinajstić information content (AvgIpc) is 1.96. The molecule has 78 valence electrons. The van der Waals surface area contributed by atoms with E-state index < -0.39 is 0 Å². The predicted molar refractivity (Wildman–Crippen MR) is 60.8 cm³/mol. The quantitative estimate of drug-likeness (QED) is 0.868. The van der Waals surface area contributed by atoms with E-state index in [4.69, 9.17) is 5.73 Å². The summed E-state index contributed by atoms with van der Waals surface area (Å²) in [6, 6.07) is 3.02. The SMILES string of the molecule is Cc1c(Br)cc(F)cc1CC(C)(C)N. The van der Waals surface area contributed by atoms with Crippen LogP contribution in [0.1, 0.15) is 25.0 Å². The predicted octanol–water partition coefficient (Wildman–Crippen LogP) is 3.18. The van der Waals surface area contributed by atoms with Crippen LogP contribution in [-0.4, -0.2) is 5.54 Å². The second kappa shape index (κ2) is 3.99. The minimum atomic E-state index is -0.308. The minimum absolute atomic E-state index is 0.221. The van der Waals surface area contributed by atoms with Gasteiger partial charge in [-0.15, -0.1) is 0 Å². The lowest BCUT2D eigenvalue weighted by atomic mass is 9.93. The van der Waals surface area contributed by atoms with E-state index in [1.807, 2.05) is 20.8 Å². The first-order chi connectivity index (χ1) is 6.29. The molecule has 1 nitrogen and oxygen atoms in total. The van der Waals surface area contributed by atoms with Gasteiger partial charge in [0.05, 0.1) is 0 Å². The highest BCUT2D eigenvalue weighted by atomic mass is 79.9. The Labute approximate surface area is 92.6 Å². The molecule has 0 aromatic heterocycles. The molecule has 0 aliphatic rings. The molecule has 0 aliphatic heterocycles. The van der Waals surface area contributed by atoms with Crippen LogP contribution in [0.3, 0.4) is 0 Å². The fourth-order valence-electron chi connectivity index (χ4n) is 1.37. The van der Waals surface area contributed by atoms with Crippen LogP contribution in [-0.2, 0) is 6.42 Å². The molecular weight excluding hydrogens is 245 g/mol. The van der Waals surface area contributed by atoms with Gasteiger partial charge in [-0.3, -0.25) is 0 Å². The first-order valence-electron chi connectivity index (χ1n) is 4.53. The Morgan fingerprint density at radius 2 is 2.00 bits per heavy atom. The molecule has 0 bridgehead atoms. The monoisotopic (exact) mass is 259 g/mol. The van der Waals surface area contributed by atoms with E-state index in [9.17, 15) is 4.39 Å². The third-order valence-electron chi connectivity index (χ3n) is 2.06. The smallest absolute Gasteiger partial charge is 0.124 e. The van der Waals surface area contributed by atoms with Gasteiger partial charge in [-0.1, -0.05) is 15.9 Å². The molecule has 0 unspecified atom stereocenters. The fraction of sp³-hybridized carbons (Fsp3) is 0.455. The highest BCUT2D eigenvalue weighted by Crippen LogP contribution is 2.24. The number of hydrogen-bond donors (Lipinski definition) is 1. The Kier molecular flexibility index (Phi) is 3.32. The zero-order chi connectivity index (χ0) is 10.9. The van der Waals surface area contributed by atoms with E-state index in [2.05, 4.69) is 15.9 Å². The van der Waals surface area contributed by atoms with Crippen molar-refractivity contribution in [2.24, 2.45) is 5.73 Å². The normalized spacial score (nSPS) is 11.9. The van der Waals surface area contributed by atoms with Crippen molar-refractivity contribution in [2.45, 2.75) is 32.7 Å². The molecule has 0 heterocycles. The molecule has 0 amide bonds. The van der Waals surface area contributed by atoms with Gasteiger partial charge in [0.1, 0.15) is 5.82 Å². The molecule has 0 saturated carbocycles. The summed E-state index contributed by atoms with van der Waals surface area (Å²) in [5.74, 6) is -0.221. The van der Waals surface area contributed by atoms with Gasteiger partial charge in [0.2, 0.25) is 0 Å². The van der Waals surface area contributed by atoms with Crippen LogP contribution in [0.2, 0.25) is 0 Å². The zero-order valence-corrected chi connectivity index (χ0v) is 10.3.